The lowest BCUT2D eigenvalue weighted by Crippen LogP contribution is -2.43. The van der Waals surface area contributed by atoms with Gasteiger partial charge < -0.3 is 11.1 Å². The lowest BCUT2D eigenvalue weighted by Gasteiger charge is -2.36. The van der Waals surface area contributed by atoms with Crippen molar-refractivity contribution >= 4 is 11.7 Å². The number of aromatic nitrogens is 2. The minimum absolute atomic E-state index is 0.170. The van der Waals surface area contributed by atoms with Gasteiger partial charge in [-0.1, -0.05) is 30.3 Å². The largest absolute Gasteiger partial charge is 0.382 e. The zero-order valence-corrected chi connectivity index (χ0v) is 11.0. The van der Waals surface area contributed by atoms with E-state index >= 15 is 0 Å². The van der Waals surface area contributed by atoms with Gasteiger partial charge in [-0.2, -0.15) is 0 Å². The Kier molecular flexibility index (Phi) is 3.33. The Labute approximate surface area is 117 Å². The number of carbonyl (C=O) groups excluding carboxylic acids is 1. The van der Waals surface area contributed by atoms with E-state index in [0.29, 0.717) is 5.92 Å². The molecule has 1 saturated carbocycles. The molecule has 1 amide bonds. The summed E-state index contributed by atoms with van der Waals surface area (Å²) in [4.78, 5) is 19.9. The summed E-state index contributed by atoms with van der Waals surface area (Å²) in [6.45, 7) is 0. The number of rotatable bonds is 3. The van der Waals surface area contributed by atoms with Crippen LogP contribution in [0.25, 0.3) is 0 Å². The first-order valence-corrected chi connectivity index (χ1v) is 6.66. The molecule has 1 aromatic carbocycles. The fraction of sp³-hybridized carbons (Fsp3) is 0.267. The molecule has 0 atom stereocenters. The van der Waals surface area contributed by atoms with Crippen LogP contribution in [0, 0.1) is 0 Å². The van der Waals surface area contributed by atoms with Gasteiger partial charge in [0.25, 0.3) is 5.91 Å². The van der Waals surface area contributed by atoms with Crippen molar-refractivity contribution in [1.29, 1.82) is 0 Å². The number of anilines is 1. The van der Waals surface area contributed by atoms with Gasteiger partial charge in [-0.15, -0.1) is 0 Å². The minimum atomic E-state index is -0.243. The molecule has 0 radical (unpaired) electrons. The predicted molar refractivity (Wildman–Crippen MR) is 76.1 cm³/mol. The van der Waals surface area contributed by atoms with Crippen LogP contribution in [0.15, 0.2) is 42.7 Å². The Morgan fingerprint density at radius 1 is 1.15 bits per heavy atom. The van der Waals surface area contributed by atoms with Crippen LogP contribution in [-0.2, 0) is 0 Å². The molecule has 1 aliphatic carbocycles. The number of amides is 1. The molecule has 5 nitrogen and oxygen atoms in total. The molecule has 1 aromatic heterocycles. The molecule has 102 valence electrons. The van der Waals surface area contributed by atoms with Gasteiger partial charge in [-0.25, -0.2) is 9.97 Å². The van der Waals surface area contributed by atoms with Gasteiger partial charge in [0.2, 0.25) is 0 Å². The monoisotopic (exact) mass is 268 g/mol. The summed E-state index contributed by atoms with van der Waals surface area (Å²) in [6, 6.07) is 10.5. The molecule has 3 N–H and O–H groups in total. The van der Waals surface area contributed by atoms with Crippen molar-refractivity contribution in [2.24, 2.45) is 0 Å². The van der Waals surface area contributed by atoms with Gasteiger partial charge in [0.1, 0.15) is 0 Å². The van der Waals surface area contributed by atoms with Crippen LogP contribution >= 0.6 is 0 Å². The molecule has 1 aliphatic rings. The van der Waals surface area contributed by atoms with Crippen LogP contribution < -0.4 is 11.1 Å². The molecule has 2 aromatic rings. The number of hydrogen-bond acceptors (Lipinski definition) is 4. The lowest BCUT2D eigenvalue weighted by molar-refractivity contribution is 0.0904. The normalized spacial score (nSPS) is 21.0. The Bertz CT molecular complexity index is 608. The summed E-state index contributed by atoms with van der Waals surface area (Å²) in [5.41, 5.74) is 7.18. The fourth-order valence-electron chi connectivity index (χ4n) is 2.51. The highest BCUT2D eigenvalue weighted by Crippen LogP contribution is 2.36. The van der Waals surface area contributed by atoms with Gasteiger partial charge in [0.05, 0.1) is 0 Å². The van der Waals surface area contributed by atoms with Crippen molar-refractivity contribution < 1.29 is 4.79 Å². The number of nitrogens with zero attached hydrogens (tertiary/aromatic N) is 2. The van der Waals surface area contributed by atoms with E-state index in [1.165, 1.54) is 18.0 Å². The lowest BCUT2D eigenvalue weighted by atomic mass is 9.76. The summed E-state index contributed by atoms with van der Waals surface area (Å²) in [7, 11) is 0. The molecule has 0 aliphatic heterocycles. The van der Waals surface area contributed by atoms with Crippen LogP contribution in [-0.4, -0.2) is 21.9 Å². The zero-order valence-electron chi connectivity index (χ0n) is 11.0. The molecular weight excluding hydrogens is 252 g/mol. The van der Waals surface area contributed by atoms with E-state index < -0.39 is 0 Å². The van der Waals surface area contributed by atoms with Gasteiger partial charge in [-0.05, 0) is 24.3 Å². The number of carbonyl (C=O) groups is 1. The second-order valence-corrected chi connectivity index (χ2v) is 5.04. The number of nitrogens with two attached hydrogens (primary N) is 1. The molecule has 1 heterocycles. The fourth-order valence-corrected chi connectivity index (χ4v) is 2.51. The first-order chi connectivity index (χ1) is 9.74. The van der Waals surface area contributed by atoms with Crippen LogP contribution in [0.2, 0.25) is 0 Å². The van der Waals surface area contributed by atoms with Gasteiger partial charge in [0, 0.05) is 18.4 Å². The Morgan fingerprint density at radius 2 is 1.85 bits per heavy atom. The molecule has 0 unspecified atom stereocenters. The molecule has 3 rings (SSSR count). The quantitative estimate of drug-likeness (QED) is 0.888. The van der Waals surface area contributed by atoms with E-state index in [1.54, 1.807) is 0 Å². The van der Waals surface area contributed by atoms with Crippen LogP contribution in [0.4, 0.5) is 5.82 Å². The Morgan fingerprint density at radius 3 is 2.55 bits per heavy atom. The van der Waals surface area contributed by atoms with Crippen molar-refractivity contribution in [2.75, 3.05) is 5.73 Å². The third kappa shape index (κ3) is 2.47. The van der Waals surface area contributed by atoms with Crippen LogP contribution in [0.3, 0.4) is 0 Å². The molecule has 0 spiro atoms. The van der Waals surface area contributed by atoms with Crippen molar-refractivity contribution in [3.05, 3.63) is 54.0 Å². The molecule has 1 fully saturated rings. The summed E-state index contributed by atoms with van der Waals surface area (Å²) in [5, 5.41) is 2.95. The molecule has 5 heteroatoms. The van der Waals surface area contributed by atoms with Crippen molar-refractivity contribution in [1.82, 2.24) is 15.3 Å². The van der Waals surface area contributed by atoms with Crippen molar-refractivity contribution in [3.8, 4) is 0 Å². The Balaban J connectivity index is 1.57. The topological polar surface area (TPSA) is 80.9 Å². The average molecular weight is 268 g/mol. The van der Waals surface area contributed by atoms with E-state index in [0.717, 1.165) is 12.8 Å². The highest BCUT2D eigenvalue weighted by atomic mass is 16.2. The van der Waals surface area contributed by atoms with E-state index in [9.17, 15) is 4.79 Å². The van der Waals surface area contributed by atoms with E-state index in [1.807, 2.05) is 18.2 Å². The van der Waals surface area contributed by atoms with E-state index in [-0.39, 0.29) is 23.5 Å². The molecule has 0 bridgehead atoms. The number of benzene rings is 1. The SMILES string of the molecule is Nc1nccnc1C(=O)NC1CC(c2ccccc2)C1. The standard InChI is InChI=1S/C15H16N4O/c16-14-13(17-6-7-18-14)15(20)19-12-8-11(9-12)10-4-2-1-3-5-10/h1-7,11-12H,8-9H2,(H2,16,18)(H,19,20). The summed E-state index contributed by atoms with van der Waals surface area (Å²) in [5.74, 6) is 0.455. The second-order valence-electron chi connectivity index (χ2n) is 5.04. The molecule has 0 saturated heterocycles. The van der Waals surface area contributed by atoms with Crippen molar-refractivity contribution in [2.45, 2.75) is 24.8 Å². The summed E-state index contributed by atoms with van der Waals surface area (Å²) in [6.07, 6.45) is 4.85. The number of nitrogen functional groups attached to an aromatic ring is 1. The number of hydrogen-bond donors (Lipinski definition) is 2. The maximum absolute atomic E-state index is 12.0. The van der Waals surface area contributed by atoms with E-state index in [2.05, 4.69) is 27.4 Å². The first kappa shape index (κ1) is 12.6. The van der Waals surface area contributed by atoms with Crippen molar-refractivity contribution in [3.63, 3.8) is 0 Å². The van der Waals surface area contributed by atoms with Gasteiger partial charge in [0.15, 0.2) is 11.5 Å². The highest BCUT2D eigenvalue weighted by Gasteiger charge is 2.31. The highest BCUT2D eigenvalue weighted by molar-refractivity contribution is 5.96. The molecule has 20 heavy (non-hydrogen) atoms. The van der Waals surface area contributed by atoms with Gasteiger partial charge in [-0.3, -0.25) is 4.79 Å². The minimum Gasteiger partial charge on any atom is -0.382 e. The zero-order chi connectivity index (χ0) is 13.9. The third-order valence-electron chi connectivity index (χ3n) is 3.69. The second kappa shape index (κ2) is 5.28. The van der Waals surface area contributed by atoms with Gasteiger partial charge >= 0.3 is 0 Å². The smallest absolute Gasteiger partial charge is 0.273 e. The number of nitrogens with one attached hydrogen (secondary N) is 1. The average Bonchev–Trinajstić information content (AvgIpc) is 2.43. The Hall–Kier alpha value is -2.43. The maximum atomic E-state index is 12.0. The molecular formula is C15H16N4O. The van der Waals surface area contributed by atoms with Crippen LogP contribution in [0.1, 0.15) is 34.8 Å². The maximum Gasteiger partial charge on any atom is 0.273 e. The first-order valence-electron chi connectivity index (χ1n) is 6.66. The predicted octanol–water partition coefficient (Wildman–Crippen LogP) is 1.73. The van der Waals surface area contributed by atoms with E-state index in [4.69, 9.17) is 5.73 Å². The summed E-state index contributed by atoms with van der Waals surface area (Å²) >= 11 is 0. The third-order valence-corrected chi connectivity index (χ3v) is 3.69. The van der Waals surface area contributed by atoms with Crippen LogP contribution in [0.5, 0.6) is 0 Å². The summed E-state index contributed by atoms with van der Waals surface area (Å²) < 4.78 is 0.